The van der Waals surface area contributed by atoms with Gasteiger partial charge in [0.05, 0.1) is 12.5 Å². The minimum atomic E-state index is -0.808. The summed E-state index contributed by atoms with van der Waals surface area (Å²) in [5, 5.41) is 11.6. The first-order chi connectivity index (χ1) is 9.45. The zero-order valence-electron chi connectivity index (χ0n) is 11.2. The lowest BCUT2D eigenvalue weighted by atomic mass is 9.97. The van der Waals surface area contributed by atoms with Crippen molar-refractivity contribution >= 4 is 27.9 Å². The zero-order chi connectivity index (χ0) is 14.7. The molecule has 5 nitrogen and oxygen atoms in total. The summed E-state index contributed by atoms with van der Waals surface area (Å²) in [6, 6.07) is 7.56. The van der Waals surface area contributed by atoms with Gasteiger partial charge in [-0.15, -0.1) is 0 Å². The molecule has 1 fully saturated rings. The van der Waals surface area contributed by atoms with Crippen molar-refractivity contribution in [1.29, 1.82) is 0 Å². The van der Waals surface area contributed by atoms with Crippen molar-refractivity contribution in [2.75, 3.05) is 13.1 Å². The highest BCUT2D eigenvalue weighted by Gasteiger charge is 2.32. The molecule has 0 radical (unpaired) electrons. The van der Waals surface area contributed by atoms with Crippen LogP contribution in [0.1, 0.15) is 24.9 Å². The molecule has 1 heterocycles. The van der Waals surface area contributed by atoms with Gasteiger partial charge in [0.25, 0.3) is 0 Å². The molecule has 2 amide bonds. The molecule has 0 aromatic heterocycles. The maximum absolute atomic E-state index is 12.0. The number of carbonyl (C=O) groups excluding carboxylic acids is 1. The standard InChI is InChI=1S/C14H17BrN2O3/c1-9(11-3-2-4-12(15)6-11)16-14(20)17-7-10(8-17)5-13(18)19/h2-4,6,9-10H,5,7-8H2,1H3,(H,16,20)(H,18,19). The number of urea groups is 1. The van der Waals surface area contributed by atoms with Gasteiger partial charge < -0.3 is 15.3 Å². The number of nitrogens with one attached hydrogen (secondary N) is 1. The van der Waals surface area contributed by atoms with Crippen LogP contribution in [0.3, 0.4) is 0 Å². The zero-order valence-corrected chi connectivity index (χ0v) is 12.8. The average molecular weight is 341 g/mol. The fourth-order valence-electron chi connectivity index (χ4n) is 2.25. The number of nitrogens with zero attached hydrogens (tertiary/aromatic N) is 1. The van der Waals surface area contributed by atoms with Gasteiger partial charge in [-0.1, -0.05) is 28.1 Å². The monoisotopic (exact) mass is 340 g/mol. The van der Waals surface area contributed by atoms with Crippen LogP contribution < -0.4 is 5.32 Å². The van der Waals surface area contributed by atoms with Crippen LogP contribution in [0.25, 0.3) is 0 Å². The van der Waals surface area contributed by atoms with E-state index in [1.807, 2.05) is 31.2 Å². The van der Waals surface area contributed by atoms with E-state index < -0.39 is 5.97 Å². The van der Waals surface area contributed by atoms with Crippen LogP contribution in [-0.2, 0) is 4.79 Å². The summed E-state index contributed by atoms with van der Waals surface area (Å²) in [5.74, 6) is -0.725. The van der Waals surface area contributed by atoms with Crippen LogP contribution in [0.2, 0.25) is 0 Å². The maximum Gasteiger partial charge on any atom is 0.317 e. The van der Waals surface area contributed by atoms with E-state index in [1.165, 1.54) is 0 Å². The lowest BCUT2D eigenvalue weighted by Gasteiger charge is -2.39. The number of aliphatic carboxylic acids is 1. The second kappa shape index (κ2) is 6.26. The van der Waals surface area contributed by atoms with Crippen molar-refractivity contribution < 1.29 is 14.7 Å². The highest BCUT2D eigenvalue weighted by atomic mass is 79.9. The highest BCUT2D eigenvalue weighted by Crippen LogP contribution is 2.21. The third kappa shape index (κ3) is 3.72. The number of hydrogen-bond donors (Lipinski definition) is 2. The number of carboxylic acids is 1. The second-order valence-electron chi connectivity index (χ2n) is 5.10. The third-order valence-corrected chi connectivity index (χ3v) is 3.89. The molecule has 6 heteroatoms. The molecule has 0 spiro atoms. The largest absolute Gasteiger partial charge is 0.481 e. The van der Waals surface area contributed by atoms with Crippen LogP contribution in [0.4, 0.5) is 4.79 Å². The molecule has 1 saturated heterocycles. The molecule has 0 aliphatic carbocycles. The molecular weight excluding hydrogens is 324 g/mol. The maximum atomic E-state index is 12.0. The second-order valence-corrected chi connectivity index (χ2v) is 6.01. The Balaban J connectivity index is 1.82. The van der Waals surface area contributed by atoms with Gasteiger partial charge in [0.15, 0.2) is 0 Å². The molecule has 1 aromatic carbocycles. The minimum absolute atomic E-state index is 0.0828. The Hall–Kier alpha value is -1.56. The van der Waals surface area contributed by atoms with E-state index in [0.717, 1.165) is 10.0 Å². The molecule has 108 valence electrons. The van der Waals surface area contributed by atoms with Crippen molar-refractivity contribution in [1.82, 2.24) is 10.2 Å². The van der Waals surface area contributed by atoms with Crippen molar-refractivity contribution in [3.63, 3.8) is 0 Å². The van der Waals surface area contributed by atoms with Gasteiger partial charge >= 0.3 is 12.0 Å². The van der Waals surface area contributed by atoms with E-state index in [2.05, 4.69) is 21.2 Å². The molecule has 1 aliphatic heterocycles. The minimum Gasteiger partial charge on any atom is -0.481 e. The summed E-state index contributed by atoms with van der Waals surface area (Å²) in [6.07, 6.45) is 0.130. The molecule has 0 saturated carbocycles. The SMILES string of the molecule is CC(NC(=O)N1CC(CC(=O)O)C1)c1cccc(Br)c1. The Labute approximate surface area is 126 Å². The molecule has 1 atom stereocenters. The van der Waals surface area contributed by atoms with Crippen LogP contribution >= 0.6 is 15.9 Å². The van der Waals surface area contributed by atoms with Gasteiger partial charge in [0.1, 0.15) is 0 Å². The number of halogens is 1. The summed E-state index contributed by atoms with van der Waals surface area (Å²) in [6.45, 7) is 2.96. The summed E-state index contributed by atoms with van der Waals surface area (Å²) < 4.78 is 0.974. The number of benzene rings is 1. The summed E-state index contributed by atoms with van der Waals surface area (Å²) >= 11 is 3.40. The Bertz CT molecular complexity index is 515. The molecular formula is C14H17BrN2O3. The summed E-state index contributed by atoms with van der Waals surface area (Å²) in [4.78, 5) is 24.2. The van der Waals surface area contributed by atoms with Crippen molar-refractivity contribution in [2.45, 2.75) is 19.4 Å². The van der Waals surface area contributed by atoms with E-state index in [1.54, 1.807) is 4.90 Å². The third-order valence-electron chi connectivity index (χ3n) is 3.40. The van der Waals surface area contributed by atoms with E-state index in [0.29, 0.717) is 13.1 Å². The smallest absolute Gasteiger partial charge is 0.317 e. The van der Waals surface area contributed by atoms with Crippen LogP contribution in [0.5, 0.6) is 0 Å². The number of carbonyl (C=O) groups is 2. The van der Waals surface area contributed by atoms with Crippen molar-refractivity contribution in [3.8, 4) is 0 Å². The first kappa shape index (κ1) is 14.8. The quantitative estimate of drug-likeness (QED) is 0.885. The Morgan fingerprint density at radius 2 is 2.20 bits per heavy atom. The first-order valence-corrected chi connectivity index (χ1v) is 7.27. The number of likely N-dealkylation sites (tertiary alicyclic amines) is 1. The Morgan fingerprint density at radius 1 is 1.50 bits per heavy atom. The van der Waals surface area contributed by atoms with Gasteiger partial charge in [0.2, 0.25) is 0 Å². The first-order valence-electron chi connectivity index (χ1n) is 6.48. The average Bonchev–Trinajstić information content (AvgIpc) is 2.32. The Morgan fingerprint density at radius 3 is 2.80 bits per heavy atom. The number of rotatable bonds is 4. The van der Waals surface area contributed by atoms with E-state index in [4.69, 9.17) is 5.11 Å². The summed E-state index contributed by atoms with van der Waals surface area (Å²) in [5.41, 5.74) is 1.02. The number of hydrogen-bond acceptors (Lipinski definition) is 2. The fraction of sp³-hybridized carbons (Fsp3) is 0.429. The summed E-state index contributed by atoms with van der Waals surface area (Å²) in [7, 11) is 0. The van der Waals surface area contributed by atoms with Gasteiger partial charge in [-0.25, -0.2) is 4.79 Å². The number of carboxylic acid groups (broad SMARTS) is 1. The van der Waals surface area contributed by atoms with Crippen LogP contribution in [0, 0.1) is 5.92 Å². The normalized spacial score (nSPS) is 16.4. The molecule has 2 rings (SSSR count). The van der Waals surface area contributed by atoms with E-state index in [9.17, 15) is 9.59 Å². The van der Waals surface area contributed by atoms with E-state index in [-0.39, 0.29) is 24.4 Å². The Kier molecular flexibility index (Phi) is 4.65. The predicted molar refractivity (Wildman–Crippen MR) is 78.4 cm³/mol. The number of amides is 2. The van der Waals surface area contributed by atoms with Gasteiger partial charge in [-0.2, -0.15) is 0 Å². The van der Waals surface area contributed by atoms with Crippen LogP contribution in [-0.4, -0.2) is 35.1 Å². The van der Waals surface area contributed by atoms with Crippen LogP contribution in [0.15, 0.2) is 28.7 Å². The van der Waals surface area contributed by atoms with Crippen molar-refractivity contribution in [2.24, 2.45) is 5.92 Å². The highest BCUT2D eigenvalue weighted by molar-refractivity contribution is 9.10. The van der Waals surface area contributed by atoms with E-state index >= 15 is 0 Å². The topological polar surface area (TPSA) is 69.6 Å². The predicted octanol–water partition coefficient (Wildman–Crippen LogP) is 2.63. The fourth-order valence-corrected chi connectivity index (χ4v) is 2.66. The van der Waals surface area contributed by atoms with Gasteiger partial charge in [-0.3, -0.25) is 4.79 Å². The molecule has 0 bridgehead atoms. The lowest BCUT2D eigenvalue weighted by Crippen LogP contribution is -2.54. The molecule has 1 unspecified atom stereocenters. The molecule has 2 N–H and O–H groups in total. The molecule has 1 aliphatic rings. The van der Waals surface area contributed by atoms with Gasteiger partial charge in [0, 0.05) is 23.5 Å². The molecule has 1 aromatic rings. The lowest BCUT2D eigenvalue weighted by molar-refractivity contribution is -0.139. The van der Waals surface area contributed by atoms with Crippen molar-refractivity contribution in [3.05, 3.63) is 34.3 Å². The van der Waals surface area contributed by atoms with Gasteiger partial charge in [-0.05, 0) is 24.6 Å². The molecule has 20 heavy (non-hydrogen) atoms.